The minimum Gasteiger partial charge on any atom is -0.492 e. The van der Waals surface area contributed by atoms with Crippen molar-refractivity contribution in [2.24, 2.45) is 0 Å². The molecule has 1 aromatic carbocycles. The number of carbonyl (C=O) groups excluding carboxylic acids is 1. The summed E-state index contributed by atoms with van der Waals surface area (Å²) in [5.41, 5.74) is 2.29. The van der Waals surface area contributed by atoms with E-state index in [0.29, 0.717) is 19.1 Å². The fourth-order valence-electron chi connectivity index (χ4n) is 1.97. The van der Waals surface area contributed by atoms with E-state index in [-0.39, 0.29) is 5.91 Å². The highest BCUT2D eigenvalue weighted by molar-refractivity contribution is 5.75. The second-order valence-electron chi connectivity index (χ2n) is 4.99. The van der Waals surface area contributed by atoms with Crippen LogP contribution in [0.4, 0.5) is 0 Å². The molecular formula is C15H22N2O2. The summed E-state index contributed by atoms with van der Waals surface area (Å²) in [4.78, 5) is 11.2. The number of benzene rings is 1. The highest BCUT2D eigenvalue weighted by atomic mass is 16.5. The molecule has 4 nitrogen and oxygen atoms in total. The van der Waals surface area contributed by atoms with Crippen LogP contribution in [-0.2, 0) is 11.3 Å². The molecule has 0 bridgehead atoms. The molecule has 19 heavy (non-hydrogen) atoms. The molecule has 0 saturated heterocycles. The van der Waals surface area contributed by atoms with Crippen molar-refractivity contribution in [3.05, 3.63) is 29.3 Å². The second-order valence-corrected chi connectivity index (χ2v) is 4.99. The molecule has 4 heteroatoms. The zero-order valence-electron chi connectivity index (χ0n) is 11.7. The van der Waals surface area contributed by atoms with Gasteiger partial charge in [-0.25, -0.2) is 0 Å². The van der Waals surface area contributed by atoms with Crippen molar-refractivity contribution in [1.29, 1.82) is 0 Å². The standard InChI is InChI=1S/C15H22N2O2/c1-11-4-3-5-12(10-17-13-6-7-13)15(11)19-9-8-14(18)16-2/h3-5,13,17H,6-10H2,1-2H3,(H,16,18). The monoisotopic (exact) mass is 262 g/mol. The Hall–Kier alpha value is -1.55. The van der Waals surface area contributed by atoms with Gasteiger partial charge in [-0.2, -0.15) is 0 Å². The van der Waals surface area contributed by atoms with Gasteiger partial charge < -0.3 is 15.4 Å². The molecule has 0 spiro atoms. The molecule has 0 unspecified atom stereocenters. The third-order valence-electron chi connectivity index (χ3n) is 3.31. The quantitative estimate of drug-likeness (QED) is 0.787. The van der Waals surface area contributed by atoms with Gasteiger partial charge >= 0.3 is 0 Å². The van der Waals surface area contributed by atoms with Gasteiger partial charge in [-0.15, -0.1) is 0 Å². The Balaban J connectivity index is 1.93. The van der Waals surface area contributed by atoms with Gasteiger partial charge in [0.05, 0.1) is 13.0 Å². The van der Waals surface area contributed by atoms with E-state index in [1.54, 1.807) is 7.05 Å². The first-order valence-corrected chi connectivity index (χ1v) is 6.86. The fourth-order valence-corrected chi connectivity index (χ4v) is 1.97. The maximum atomic E-state index is 11.2. The van der Waals surface area contributed by atoms with E-state index in [1.165, 1.54) is 18.4 Å². The number of hydrogen-bond acceptors (Lipinski definition) is 3. The minimum absolute atomic E-state index is 0.00578. The van der Waals surface area contributed by atoms with E-state index < -0.39 is 0 Å². The number of hydrogen-bond donors (Lipinski definition) is 2. The Kier molecular flexibility index (Phi) is 4.80. The Morgan fingerprint density at radius 3 is 2.89 bits per heavy atom. The van der Waals surface area contributed by atoms with E-state index in [0.717, 1.165) is 17.9 Å². The SMILES string of the molecule is CNC(=O)CCOc1c(C)cccc1CNC1CC1. The number of rotatable bonds is 7. The van der Waals surface area contributed by atoms with Crippen LogP contribution in [-0.4, -0.2) is 25.6 Å². The number of aryl methyl sites for hydroxylation is 1. The van der Waals surface area contributed by atoms with Crippen molar-refractivity contribution in [2.45, 2.75) is 38.8 Å². The average Bonchev–Trinajstić information content (AvgIpc) is 3.22. The third-order valence-corrected chi connectivity index (χ3v) is 3.31. The van der Waals surface area contributed by atoms with Crippen LogP contribution in [0, 0.1) is 6.92 Å². The number of ether oxygens (including phenoxy) is 1. The highest BCUT2D eigenvalue weighted by Crippen LogP contribution is 2.25. The van der Waals surface area contributed by atoms with Gasteiger partial charge in [0.2, 0.25) is 5.91 Å². The molecule has 0 aliphatic heterocycles. The topological polar surface area (TPSA) is 50.4 Å². The molecule has 0 radical (unpaired) electrons. The van der Waals surface area contributed by atoms with Crippen molar-refractivity contribution >= 4 is 5.91 Å². The number of para-hydroxylation sites is 1. The predicted molar refractivity (Wildman–Crippen MR) is 75.2 cm³/mol. The Labute approximate surface area is 114 Å². The van der Waals surface area contributed by atoms with E-state index in [2.05, 4.69) is 16.7 Å². The van der Waals surface area contributed by atoms with Crippen molar-refractivity contribution in [3.8, 4) is 5.75 Å². The molecule has 1 saturated carbocycles. The van der Waals surface area contributed by atoms with E-state index >= 15 is 0 Å². The summed E-state index contributed by atoms with van der Waals surface area (Å²) in [6, 6.07) is 6.84. The molecule has 1 aromatic rings. The summed E-state index contributed by atoms with van der Waals surface area (Å²) in [7, 11) is 1.64. The summed E-state index contributed by atoms with van der Waals surface area (Å²) in [6.07, 6.45) is 2.94. The number of carbonyl (C=O) groups is 1. The molecule has 0 atom stereocenters. The summed E-state index contributed by atoms with van der Waals surface area (Å²) in [6.45, 7) is 3.29. The third kappa shape index (κ3) is 4.24. The Morgan fingerprint density at radius 2 is 2.21 bits per heavy atom. The van der Waals surface area contributed by atoms with Gasteiger partial charge in [-0.05, 0) is 25.3 Å². The molecule has 2 rings (SSSR count). The lowest BCUT2D eigenvalue weighted by Crippen LogP contribution is -2.21. The van der Waals surface area contributed by atoms with Gasteiger partial charge in [0.15, 0.2) is 0 Å². The van der Waals surface area contributed by atoms with Gasteiger partial charge in [0.1, 0.15) is 5.75 Å². The van der Waals surface area contributed by atoms with Gasteiger partial charge in [-0.3, -0.25) is 4.79 Å². The first-order chi connectivity index (χ1) is 9.20. The lowest BCUT2D eigenvalue weighted by Gasteiger charge is -2.14. The smallest absolute Gasteiger partial charge is 0.223 e. The molecule has 1 aliphatic carbocycles. The summed E-state index contributed by atoms with van der Waals surface area (Å²) < 4.78 is 5.79. The lowest BCUT2D eigenvalue weighted by molar-refractivity contribution is -0.121. The summed E-state index contributed by atoms with van der Waals surface area (Å²) in [5.74, 6) is 0.922. The van der Waals surface area contributed by atoms with Crippen LogP contribution in [0.3, 0.4) is 0 Å². The maximum Gasteiger partial charge on any atom is 0.223 e. The van der Waals surface area contributed by atoms with Crippen LogP contribution in [0.25, 0.3) is 0 Å². The van der Waals surface area contributed by atoms with Crippen LogP contribution in [0.5, 0.6) is 5.75 Å². The molecule has 1 amide bonds. The zero-order valence-corrected chi connectivity index (χ0v) is 11.7. The van der Waals surface area contributed by atoms with Crippen LogP contribution in [0.2, 0.25) is 0 Å². The van der Waals surface area contributed by atoms with Crippen molar-refractivity contribution in [1.82, 2.24) is 10.6 Å². The molecule has 0 aromatic heterocycles. The first kappa shape index (κ1) is 13.9. The van der Waals surface area contributed by atoms with Gasteiger partial charge in [0, 0.05) is 25.2 Å². The Bertz CT molecular complexity index is 442. The van der Waals surface area contributed by atoms with Crippen molar-refractivity contribution in [3.63, 3.8) is 0 Å². The van der Waals surface area contributed by atoms with Crippen molar-refractivity contribution in [2.75, 3.05) is 13.7 Å². The first-order valence-electron chi connectivity index (χ1n) is 6.86. The largest absolute Gasteiger partial charge is 0.492 e. The van der Waals surface area contributed by atoms with Crippen molar-refractivity contribution < 1.29 is 9.53 Å². The number of nitrogens with one attached hydrogen (secondary N) is 2. The van der Waals surface area contributed by atoms with Crippen LogP contribution >= 0.6 is 0 Å². The zero-order chi connectivity index (χ0) is 13.7. The lowest BCUT2D eigenvalue weighted by atomic mass is 10.1. The average molecular weight is 262 g/mol. The van der Waals surface area contributed by atoms with Gasteiger partial charge in [-0.1, -0.05) is 18.2 Å². The highest BCUT2D eigenvalue weighted by Gasteiger charge is 2.20. The normalized spacial score (nSPS) is 14.2. The minimum atomic E-state index is 0.00578. The van der Waals surface area contributed by atoms with E-state index in [4.69, 9.17) is 4.74 Å². The van der Waals surface area contributed by atoms with E-state index in [9.17, 15) is 4.79 Å². The molecule has 1 aliphatic rings. The predicted octanol–water partition coefficient (Wildman–Crippen LogP) is 1.76. The Morgan fingerprint density at radius 1 is 1.42 bits per heavy atom. The maximum absolute atomic E-state index is 11.2. The molecule has 1 fully saturated rings. The molecule has 2 N–H and O–H groups in total. The fraction of sp³-hybridized carbons (Fsp3) is 0.533. The number of amides is 1. The summed E-state index contributed by atoms with van der Waals surface area (Å²) in [5, 5.41) is 6.09. The van der Waals surface area contributed by atoms with Crippen LogP contribution in [0.15, 0.2) is 18.2 Å². The molecular weight excluding hydrogens is 240 g/mol. The van der Waals surface area contributed by atoms with Crippen LogP contribution in [0.1, 0.15) is 30.4 Å². The molecule has 104 valence electrons. The van der Waals surface area contributed by atoms with Gasteiger partial charge in [0.25, 0.3) is 0 Å². The van der Waals surface area contributed by atoms with Crippen LogP contribution < -0.4 is 15.4 Å². The second kappa shape index (κ2) is 6.57. The summed E-state index contributed by atoms with van der Waals surface area (Å²) >= 11 is 0. The van der Waals surface area contributed by atoms with E-state index in [1.807, 2.05) is 19.1 Å². The molecule has 0 heterocycles.